The van der Waals surface area contributed by atoms with E-state index in [0.29, 0.717) is 23.4 Å². The van der Waals surface area contributed by atoms with Crippen molar-refractivity contribution >= 4 is 23.2 Å². The molecular formula is C29H33ClN6O. The summed E-state index contributed by atoms with van der Waals surface area (Å²) in [6.45, 7) is 18.2. The molecule has 0 aliphatic carbocycles. The minimum atomic E-state index is -0.303. The first-order chi connectivity index (χ1) is 17.9. The van der Waals surface area contributed by atoms with Crippen molar-refractivity contribution in [2.24, 2.45) is 0 Å². The molecule has 7 nitrogen and oxygen atoms in total. The first-order valence-corrected chi connectivity index (χ1v) is 13.2. The molecule has 2 fully saturated rings. The molecule has 1 N–H and O–H groups in total. The van der Waals surface area contributed by atoms with Crippen molar-refractivity contribution in [3.8, 4) is 5.75 Å². The van der Waals surface area contributed by atoms with E-state index in [4.69, 9.17) is 27.9 Å². The van der Waals surface area contributed by atoms with Gasteiger partial charge in [0.1, 0.15) is 12.4 Å². The van der Waals surface area contributed by atoms with Crippen LogP contribution in [0.2, 0.25) is 5.02 Å². The Balaban J connectivity index is 1.19. The fourth-order valence-electron chi connectivity index (χ4n) is 5.15. The van der Waals surface area contributed by atoms with Crippen LogP contribution < -0.4 is 15.0 Å². The Morgan fingerprint density at radius 3 is 2.57 bits per heavy atom. The van der Waals surface area contributed by atoms with Crippen molar-refractivity contribution in [2.45, 2.75) is 38.3 Å². The number of hydrogen-bond donors (Lipinski definition) is 1. The third-order valence-corrected chi connectivity index (χ3v) is 7.76. The number of piperazine rings is 1. The van der Waals surface area contributed by atoms with Crippen molar-refractivity contribution < 1.29 is 4.74 Å². The maximum atomic E-state index is 7.34. The number of benzene rings is 2. The third kappa shape index (κ3) is 5.88. The summed E-state index contributed by atoms with van der Waals surface area (Å²) >= 11 is 6.26. The highest BCUT2D eigenvalue weighted by Crippen LogP contribution is 2.36. The Kier molecular flexibility index (Phi) is 7.61. The molecule has 2 aliphatic heterocycles. The Morgan fingerprint density at radius 1 is 1.08 bits per heavy atom. The number of ether oxygens (including phenoxy) is 1. The second-order valence-corrected chi connectivity index (χ2v) is 10.7. The summed E-state index contributed by atoms with van der Waals surface area (Å²) in [5.74, 6) is 1.56. The van der Waals surface area contributed by atoms with Gasteiger partial charge in [0.2, 0.25) is 5.95 Å². The molecule has 1 unspecified atom stereocenters. The molecule has 1 atom stereocenters. The first kappa shape index (κ1) is 25.5. The SMILES string of the molecule is [C-]#[N+]c1cc(Cl)cc(C(C)(C)c2ccc(OCc3ccnc(N4CCN(C5CCNC5)CC4)n3)cc2)c1. The molecule has 3 aromatic rings. The molecule has 1 aromatic heterocycles. The van der Waals surface area contributed by atoms with Gasteiger partial charge in [-0.2, -0.15) is 0 Å². The minimum Gasteiger partial charge on any atom is -0.487 e. The number of hydrogen-bond acceptors (Lipinski definition) is 6. The summed E-state index contributed by atoms with van der Waals surface area (Å²) in [7, 11) is 0. The van der Waals surface area contributed by atoms with Crippen molar-refractivity contribution in [2.75, 3.05) is 44.2 Å². The van der Waals surface area contributed by atoms with E-state index in [2.05, 4.69) is 50.9 Å². The molecule has 2 saturated heterocycles. The topological polar surface area (TPSA) is 57.9 Å². The highest BCUT2D eigenvalue weighted by atomic mass is 35.5. The largest absolute Gasteiger partial charge is 0.487 e. The van der Waals surface area contributed by atoms with Crippen molar-refractivity contribution in [1.29, 1.82) is 0 Å². The Hall–Kier alpha value is -3.18. The molecule has 2 aliphatic rings. The molecule has 0 spiro atoms. The van der Waals surface area contributed by atoms with E-state index >= 15 is 0 Å². The van der Waals surface area contributed by atoms with Crippen LogP contribution in [0.4, 0.5) is 11.6 Å². The average Bonchev–Trinajstić information content (AvgIpc) is 3.47. The zero-order chi connectivity index (χ0) is 25.8. The lowest BCUT2D eigenvalue weighted by Crippen LogP contribution is -2.51. The van der Waals surface area contributed by atoms with Crippen LogP contribution in [0.5, 0.6) is 5.75 Å². The van der Waals surface area contributed by atoms with Crippen LogP contribution in [0.3, 0.4) is 0 Å². The van der Waals surface area contributed by atoms with E-state index in [1.807, 2.05) is 36.5 Å². The minimum absolute atomic E-state index is 0.303. The maximum absolute atomic E-state index is 7.34. The number of anilines is 1. The van der Waals surface area contributed by atoms with Crippen molar-refractivity contribution in [3.05, 3.63) is 88.0 Å². The first-order valence-electron chi connectivity index (χ1n) is 12.9. The Labute approximate surface area is 224 Å². The fraction of sp³-hybridized carbons (Fsp3) is 0.414. The summed E-state index contributed by atoms with van der Waals surface area (Å²) in [4.78, 5) is 17.7. The highest BCUT2D eigenvalue weighted by molar-refractivity contribution is 6.31. The predicted octanol–water partition coefficient (Wildman–Crippen LogP) is 5.07. The second-order valence-electron chi connectivity index (χ2n) is 10.3. The summed E-state index contributed by atoms with van der Waals surface area (Å²) in [6.07, 6.45) is 3.06. The normalized spacial score (nSPS) is 18.5. The molecular weight excluding hydrogens is 484 g/mol. The number of halogens is 1. The van der Waals surface area contributed by atoms with E-state index in [9.17, 15) is 0 Å². The lowest BCUT2D eigenvalue weighted by molar-refractivity contribution is 0.196. The van der Waals surface area contributed by atoms with E-state index in [-0.39, 0.29) is 5.41 Å². The van der Waals surface area contributed by atoms with E-state index < -0.39 is 0 Å². The molecule has 2 aromatic carbocycles. The maximum Gasteiger partial charge on any atom is 0.225 e. The van der Waals surface area contributed by atoms with E-state index in [1.165, 1.54) is 6.42 Å². The van der Waals surface area contributed by atoms with Crippen LogP contribution in [-0.4, -0.2) is 60.2 Å². The summed E-state index contributed by atoms with van der Waals surface area (Å²) in [5.41, 5.74) is 3.24. The van der Waals surface area contributed by atoms with Crippen LogP contribution in [-0.2, 0) is 12.0 Å². The molecule has 0 saturated carbocycles. The van der Waals surface area contributed by atoms with Crippen LogP contribution in [0.1, 0.15) is 37.1 Å². The standard InChI is InChI=1S/C29H33ClN6O/c1-29(2,22-16-23(30)18-25(17-22)31-3)21-4-6-27(7-5-21)37-20-24-8-11-33-28(34-24)36-14-12-35(13-15-36)26-9-10-32-19-26/h4-8,11,16-18,26,32H,9-10,12-15,19-20H2,1-2H3. The molecule has 37 heavy (non-hydrogen) atoms. The smallest absolute Gasteiger partial charge is 0.225 e. The molecule has 0 bridgehead atoms. The number of rotatable bonds is 7. The number of aromatic nitrogens is 2. The lowest BCUT2D eigenvalue weighted by Gasteiger charge is -2.37. The summed E-state index contributed by atoms with van der Waals surface area (Å²) < 4.78 is 6.06. The van der Waals surface area contributed by atoms with Crippen molar-refractivity contribution in [3.63, 3.8) is 0 Å². The molecule has 192 valence electrons. The lowest BCUT2D eigenvalue weighted by atomic mass is 9.78. The van der Waals surface area contributed by atoms with Gasteiger partial charge in [-0.3, -0.25) is 4.90 Å². The van der Waals surface area contributed by atoms with Gasteiger partial charge < -0.3 is 15.0 Å². The van der Waals surface area contributed by atoms with E-state index in [1.54, 1.807) is 6.07 Å². The molecule has 3 heterocycles. The molecule has 8 heteroatoms. The van der Waals surface area contributed by atoms with Gasteiger partial charge in [-0.05, 0) is 54.4 Å². The third-order valence-electron chi connectivity index (χ3n) is 7.54. The zero-order valence-electron chi connectivity index (χ0n) is 21.5. The quantitative estimate of drug-likeness (QED) is 0.442. The van der Waals surface area contributed by atoms with Gasteiger partial charge in [0, 0.05) is 55.4 Å². The van der Waals surface area contributed by atoms with E-state index in [0.717, 1.165) is 67.8 Å². The molecule has 0 radical (unpaired) electrons. The van der Waals surface area contributed by atoms with Gasteiger partial charge in [0.25, 0.3) is 0 Å². The van der Waals surface area contributed by atoms with Gasteiger partial charge in [-0.15, -0.1) is 0 Å². The summed E-state index contributed by atoms with van der Waals surface area (Å²) in [6, 6.07) is 16.2. The summed E-state index contributed by atoms with van der Waals surface area (Å²) in [5, 5.41) is 4.04. The molecule has 0 amide bonds. The second kappa shape index (κ2) is 11.1. The number of nitrogens with zero attached hydrogens (tertiary/aromatic N) is 5. The van der Waals surface area contributed by atoms with Gasteiger partial charge in [0.15, 0.2) is 5.69 Å². The Morgan fingerprint density at radius 2 is 1.86 bits per heavy atom. The van der Waals surface area contributed by atoms with Crippen LogP contribution in [0.15, 0.2) is 54.7 Å². The monoisotopic (exact) mass is 516 g/mol. The van der Waals surface area contributed by atoms with Gasteiger partial charge in [0.05, 0.1) is 12.3 Å². The number of nitrogens with one attached hydrogen (secondary N) is 1. The van der Waals surface area contributed by atoms with Crippen molar-refractivity contribution in [1.82, 2.24) is 20.2 Å². The van der Waals surface area contributed by atoms with Gasteiger partial charge in [-0.25, -0.2) is 14.8 Å². The van der Waals surface area contributed by atoms with Crippen LogP contribution in [0.25, 0.3) is 4.85 Å². The highest BCUT2D eigenvalue weighted by Gasteiger charge is 2.27. The molecule has 5 rings (SSSR count). The van der Waals surface area contributed by atoms with Gasteiger partial charge in [-0.1, -0.05) is 43.6 Å². The van der Waals surface area contributed by atoms with Crippen LogP contribution in [0, 0.1) is 6.57 Å². The van der Waals surface area contributed by atoms with Crippen LogP contribution >= 0.6 is 11.6 Å². The predicted molar refractivity (Wildman–Crippen MR) is 148 cm³/mol. The Bertz CT molecular complexity index is 1260. The fourth-order valence-corrected chi connectivity index (χ4v) is 5.38. The zero-order valence-corrected chi connectivity index (χ0v) is 22.2. The average molecular weight is 517 g/mol. The van der Waals surface area contributed by atoms with Gasteiger partial charge >= 0.3 is 0 Å².